The van der Waals surface area contributed by atoms with Gasteiger partial charge in [0.15, 0.2) is 0 Å². The summed E-state index contributed by atoms with van der Waals surface area (Å²) in [7, 11) is 2.58. The number of sulfonamides is 1. The van der Waals surface area contributed by atoms with E-state index < -0.39 is 10.0 Å². The Kier molecular flexibility index (Phi) is 7.18. The average Bonchev–Trinajstić information content (AvgIpc) is 2.71. The van der Waals surface area contributed by atoms with Crippen molar-refractivity contribution in [3.8, 4) is 0 Å². The molecule has 1 fully saturated rings. The lowest BCUT2D eigenvalue weighted by Crippen LogP contribution is -2.48. The fourth-order valence-electron chi connectivity index (χ4n) is 3.85. The fourth-order valence-corrected chi connectivity index (χ4v) is 5.21. The van der Waals surface area contributed by atoms with Crippen molar-refractivity contribution in [2.45, 2.75) is 24.8 Å². The number of piperazine rings is 1. The summed E-state index contributed by atoms with van der Waals surface area (Å²) < 4.78 is 29.0. The molecule has 0 aromatic heterocycles. The van der Waals surface area contributed by atoms with Gasteiger partial charge in [-0.1, -0.05) is 24.3 Å². The smallest absolute Gasteiger partial charge is 0.240 e. The van der Waals surface area contributed by atoms with Gasteiger partial charge in [-0.2, -0.15) is 0 Å². The number of hydrogen-bond donors (Lipinski definition) is 1. The molecule has 1 aliphatic heterocycles. The molecule has 1 aliphatic rings. The summed E-state index contributed by atoms with van der Waals surface area (Å²) in [6.45, 7) is 7.90. The molecular weight excluding hydrogens is 396 g/mol. The summed E-state index contributed by atoms with van der Waals surface area (Å²) in [5, 5.41) is 0. The molecule has 0 bridgehead atoms. The van der Waals surface area contributed by atoms with Crippen LogP contribution in [0.15, 0.2) is 47.4 Å². The first kappa shape index (κ1) is 22.7. The normalized spacial score (nSPS) is 17.1. The Hall–Kier alpha value is -1.93. The van der Waals surface area contributed by atoms with E-state index in [1.54, 1.807) is 6.07 Å². The minimum Gasteiger partial charge on any atom is -0.378 e. The predicted molar refractivity (Wildman–Crippen MR) is 124 cm³/mol. The van der Waals surface area contributed by atoms with E-state index >= 15 is 0 Å². The highest BCUT2D eigenvalue weighted by atomic mass is 32.2. The van der Waals surface area contributed by atoms with E-state index in [0.717, 1.165) is 48.6 Å². The van der Waals surface area contributed by atoms with Crippen LogP contribution in [0.3, 0.4) is 0 Å². The fraction of sp³-hybridized carbons (Fsp3) is 0.478. The quantitative estimate of drug-likeness (QED) is 0.732. The second kappa shape index (κ2) is 9.47. The van der Waals surface area contributed by atoms with Gasteiger partial charge in [0.05, 0.1) is 4.90 Å². The Morgan fingerprint density at radius 1 is 1.00 bits per heavy atom. The Bertz CT molecular complexity index is 950. The number of aryl methyl sites for hydroxylation is 2. The van der Waals surface area contributed by atoms with Crippen molar-refractivity contribution >= 4 is 15.7 Å². The molecular formula is C23H34N4O2S. The van der Waals surface area contributed by atoms with Crippen molar-refractivity contribution in [1.29, 1.82) is 0 Å². The second-order valence-corrected chi connectivity index (χ2v) is 10.2. The van der Waals surface area contributed by atoms with Gasteiger partial charge in [0, 0.05) is 58.5 Å². The summed E-state index contributed by atoms with van der Waals surface area (Å²) in [5.74, 6) is 0. The molecule has 0 amide bonds. The molecule has 3 rings (SSSR count). The average molecular weight is 431 g/mol. The number of anilines is 1. The molecule has 2 aromatic carbocycles. The van der Waals surface area contributed by atoms with E-state index in [1.807, 2.05) is 40.1 Å². The molecule has 1 N–H and O–H groups in total. The van der Waals surface area contributed by atoms with Crippen molar-refractivity contribution in [3.05, 3.63) is 59.2 Å². The van der Waals surface area contributed by atoms with Gasteiger partial charge in [0.25, 0.3) is 0 Å². The first-order valence-electron chi connectivity index (χ1n) is 10.4. The molecule has 0 saturated carbocycles. The summed E-state index contributed by atoms with van der Waals surface area (Å²) in [6.07, 6.45) is 0. The van der Waals surface area contributed by atoms with Crippen LogP contribution in [-0.4, -0.2) is 72.1 Å². The molecule has 0 spiro atoms. The third-order valence-electron chi connectivity index (χ3n) is 5.87. The van der Waals surface area contributed by atoms with Crippen LogP contribution < -0.4 is 9.62 Å². The van der Waals surface area contributed by atoms with Crippen LogP contribution in [0.25, 0.3) is 0 Å². The Morgan fingerprint density at radius 2 is 1.63 bits per heavy atom. The van der Waals surface area contributed by atoms with Crippen LogP contribution in [-0.2, 0) is 10.0 Å². The number of likely N-dealkylation sites (N-methyl/N-ethyl adjacent to an activating group) is 1. The minimum absolute atomic E-state index is 0.00481. The molecule has 6 nitrogen and oxygen atoms in total. The Morgan fingerprint density at radius 3 is 2.23 bits per heavy atom. The van der Waals surface area contributed by atoms with Gasteiger partial charge in [0.1, 0.15) is 0 Å². The second-order valence-electron chi connectivity index (χ2n) is 8.46. The molecule has 2 aromatic rings. The first-order valence-corrected chi connectivity index (χ1v) is 11.9. The molecule has 0 aliphatic carbocycles. The molecule has 0 radical (unpaired) electrons. The third-order valence-corrected chi connectivity index (χ3v) is 7.44. The van der Waals surface area contributed by atoms with E-state index in [9.17, 15) is 8.42 Å². The van der Waals surface area contributed by atoms with Crippen molar-refractivity contribution < 1.29 is 8.42 Å². The van der Waals surface area contributed by atoms with Crippen LogP contribution in [0.4, 0.5) is 5.69 Å². The number of rotatable bonds is 7. The van der Waals surface area contributed by atoms with Crippen molar-refractivity contribution in [2.75, 3.05) is 58.8 Å². The Balaban J connectivity index is 1.84. The zero-order chi connectivity index (χ0) is 21.9. The maximum Gasteiger partial charge on any atom is 0.240 e. The zero-order valence-corrected chi connectivity index (χ0v) is 19.5. The van der Waals surface area contributed by atoms with E-state index in [0.29, 0.717) is 11.4 Å². The van der Waals surface area contributed by atoms with Gasteiger partial charge >= 0.3 is 0 Å². The van der Waals surface area contributed by atoms with Crippen molar-refractivity contribution in [1.82, 2.24) is 14.5 Å². The molecule has 1 saturated heterocycles. The molecule has 164 valence electrons. The third kappa shape index (κ3) is 5.40. The summed E-state index contributed by atoms with van der Waals surface area (Å²) in [4.78, 5) is 7.12. The van der Waals surface area contributed by atoms with E-state index in [2.05, 4.69) is 50.7 Å². The maximum absolute atomic E-state index is 13.1. The lowest BCUT2D eigenvalue weighted by Gasteiger charge is -2.38. The van der Waals surface area contributed by atoms with Gasteiger partial charge in [-0.25, -0.2) is 13.1 Å². The van der Waals surface area contributed by atoms with Gasteiger partial charge in [-0.3, -0.25) is 4.90 Å². The monoisotopic (exact) mass is 430 g/mol. The lowest BCUT2D eigenvalue weighted by molar-refractivity contribution is 0.113. The highest BCUT2D eigenvalue weighted by Crippen LogP contribution is 2.25. The SMILES string of the molecule is Cc1ccc(C)c(S(=O)(=O)NCC(c2ccc(N(C)C)cc2)N2CCN(C)CC2)c1. The highest BCUT2D eigenvalue weighted by Gasteiger charge is 2.26. The predicted octanol–water partition coefficient (Wildman–Crippen LogP) is 2.64. The Labute approximate surface area is 181 Å². The highest BCUT2D eigenvalue weighted by molar-refractivity contribution is 7.89. The molecule has 1 atom stereocenters. The van der Waals surface area contributed by atoms with Crippen molar-refractivity contribution in [3.63, 3.8) is 0 Å². The van der Waals surface area contributed by atoms with Crippen LogP contribution in [0.2, 0.25) is 0 Å². The summed E-state index contributed by atoms with van der Waals surface area (Å²) in [6, 6.07) is 14.0. The van der Waals surface area contributed by atoms with Gasteiger partial charge in [-0.15, -0.1) is 0 Å². The topological polar surface area (TPSA) is 55.9 Å². The first-order chi connectivity index (χ1) is 14.2. The number of nitrogens with zero attached hydrogens (tertiary/aromatic N) is 3. The van der Waals surface area contributed by atoms with Gasteiger partial charge < -0.3 is 9.80 Å². The van der Waals surface area contributed by atoms with Gasteiger partial charge in [-0.05, 0) is 55.8 Å². The zero-order valence-electron chi connectivity index (χ0n) is 18.7. The van der Waals surface area contributed by atoms with Crippen LogP contribution in [0.5, 0.6) is 0 Å². The molecule has 30 heavy (non-hydrogen) atoms. The van der Waals surface area contributed by atoms with E-state index in [4.69, 9.17) is 0 Å². The van der Waals surface area contributed by atoms with E-state index in [1.165, 1.54) is 0 Å². The molecule has 7 heteroatoms. The van der Waals surface area contributed by atoms with E-state index in [-0.39, 0.29) is 6.04 Å². The number of benzene rings is 2. The molecule has 1 unspecified atom stereocenters. The molecule has 1 heterocycles. The maximum atomic E-state index is 13.1. The number of hydrogen-bond acceptors (Lipinski definition) is 5. The van der Waals surface area contributed by atoms with Crippen molar-refractivity contribution in [2.24, 2.45) is 0 Å². The number of nitrogens with one attached hydrogen (secondary N) is 1. The van der Waals surface area contributed by atoms with Gasteiger partial charge in [0.2, 0.25) is 10.0 Å². The summed E-state index contributed by atoms with van der Waals surface area (Å²) in [5.41, 5.74) is 3.97. The van der Waals surface area contributed by atoms with Crippen LogP contribution in [0.1, 0.15) is 22.7 Å². The van der Waals surface area contributed by atoms with Crippen LogP contribution in [0, 0.1) is 13.8 Å². The standard InChI is InChI=1S/C23H34N4O2S/c1-18-6-7-19(2)23(16-18)30(28,29)24-17-22(27-14-12-26(5)13-15-27)20-8-10-21(11-9-20)25(3)4/h6-11,16,22,24H,12-15,17H2,1-5H3. The lowest BCUT2D eigenvalue weighted by atomic mass is 10.0. The largest absolute Gasteiger partial charge is 0.378 e. The van der Waals surface area contributed by atoms with Crippen LogP contribution >= 0.6 is 0 Å². The summed E-state index contributed by atoms with van der Waals surface area (Å²) >= 11 is 0. The minimum atomic E-state index is -3.58.